The highest BCUT2D eigenvalue weighted by Gasteiger charge is 2.19. The molecule has 0 unspecified atom stereocenters. The lowest BCUT2D eigenvalue weighted by atomic mass is 10.2. The lowest BCUT2D eigenvalue weighted by molar-refractivity contribution is -0.116. The standard InChI is InChI=1S/C16H18N4O2/c1-11-4-6-12(7-5-11)18-15(21)10-20-9-13-14(19-20)3-2-8-17-16(13)22/h4-7,9H,2-3,8,10H2,1H3,(H,17,22)(H,18,21). The van der Waals surface area contributed by atoms with Gasteiger partial charge in [0.25, 0.3) is 5.91 Å². The average molecular weight is 298 g/mol. The number of aryl methyl sites for hydroxylation is 2. The highest BCUT2D eigenvalue weighted by Crippen LogP contribution is 2.13. The largest absolute Gasteiger partial charge is 0.352 e. The molecule has 22 heavy (non-hydrogen) atoms. The van der Waals surface area contributed by atoms with Crippen molar-refractivity contribution in [2.45, 2.75) is 26.3 Å². The molecule has 2 aromatic rings. The summed E-state index contributed by atoms with van der Waals surface area (Å²) in [5, 5.41) is 9.99. The molecule has 1 aliphatic rings. The smallest absolute Gasteiger partial charge is 0.254 e. The minimum Gasteiger partial charge on any atom is -0.352 e. The minimum absolute atomic E-state index is 0.0914. The SMILES string of the molecule is Cc1ccc(NC(=O)Cn2cc3c(n2)CCCNC3=O)cc1. The Hall–Kier alpha value is -2.63. The zero-order chi connectivity index (χ0) is 15.5. The van der Waals surface area contributed by atoms with E-state index in [9.17, 15) is 9.59 Å². The van der Waals surface area contributed by atoms with E-state index in [-0.39, 0.29) is 18.4 Å². The second-order valence-electron chi connectivity index (χ2n) is 5.46. The molecule has 2 N–H and O–H groups in total. The number of carbonyl (C=O) groups excluding carboxylic acids is 2. The van der Waals surface area contributed by atoms with Gasteiger partial charge in [-0.2, -0.15) is 5.10 Å². The molecule has 2 heterocycles. The second-order valence-corrected chi connectivity index (χ2v) is 5.46. The maximum atomic E-state index is 12.1. The van der Waals surface area contributed by atoms with Gasteiger partial charge in [-0.15, -0.1) is 0 Å². The van der Waals surface area contributed by atoms with Crippen LogP contribution in [0.2, 0.25) is 0 Å². The highest BCUT2D eigenvalue weighted by molar-refractivity contribution is 5.95. The Morgan fingerprint density at radius 2 is 2.14 bits per heavy atom. The van der Waals surface area contributed by atoms with Gasteiger partial charge >= 0.3 is 0 Å². The molecule has 0 radical (unpaired) electrons. The fraction of sp³-hybridized carbons (Fsp3) is 0.312. The van der Waals surface area contributed by atoms with Crippen LogP contribution in [0, 0.1) is 6.92 Å². The lowest BCUT2D eigenvalue weighted by Gasteiger charge is -2.06. The third-order valence-corrected chi connectivity index (χ3v) is 3.60. The van der Waals surface area contributed by atoms with Crippen molar-refractivity contribution < 1.29 is 9.59 Å². The fourth-order valence-corrected chi connectivity index (χ4v) is 2.45. The van der Waals surface area contributed by atoms with Gasteiger partial charge in [-0.1, -0.05) is 17.7 Å². The zero-order valence-electron chi connectivity index (χ0n) is 12.4. The van der Waals surface area contributed by atoms with Gasteiger partial charge in [-0.25, -0.2) is 0 Å². The molecule has 0 atom stereocenters. The van der Waals surface area contributed by atoms with Crippen LogP contribution in [0.5, 0.6) is 0 Å². The van der Waals surface area contributed by atoms with Gasteiger partial charge in [0.1, 0.15) is 6.54 Å². The molecule has 0 fully saturated rings. The summed E-state index contributed by atoms with van der Waals surface area (Å²) in [6.07, 6.45) is 3.26. The van der Waals surface area contributed by atoms with Crippen LogP contribution >= 0.6 is 0 Å². The third kappa shape index (κ3) is 3.16. The van der Waals surface area contributed by atoms with Gasteiger partial charge in [0.05, 0.1) is 11.3 Å². The number of fused-ring (bicyclic) bond motifs is 1. The summed E-state index contributed by atoms with van der Waals surface area (Å²) in [6.45, 7) is 2.75. The predicted octanol–water partition coefficient (Wildman–Crippen LogP) is 1.51. The van der Waals surface area contributed by atoms with E-state index in [1.54, 1.807) is 6.20 Å². The van der Waals surface area contributed by atoms with E-state index in [0.717, 1.165) is 29.8 Å². The van der Waals surface area contributed by atoms with Crippen LogP contribution in [0.1, 0.15) is 28.0 Å². The summed E-state index contributed by atoms with van der Waals surface area (Å²) in [5.74, 6) is -0.278. The van der Waals surface area contributed by atoms with Crippen LogP contribution in [0.4, 0.5) is 5.69 Å². The van der Waals surface area contributed by atoms with E-state index < -0.39 is 0 Å². The van der Waals surface area contributed by atoms with Crippen LogP contribution in [-0.4, -0.2) is 28.1 Å². The van der Waals surface area contributed by atoms with Crippen LogP contribution in [0.3, 0.4) is 0 Å². The van der Waals surface area contributed by atoms with Gasteiger partial charge in [0, 0.05) is 18.4 Å². The van der Waals surface area contributed by atoms with Crippen LogP contribution in [0.25, 0.3) is 0 Å². The molecule has 0 aliphatic carbocycles. The maximum absolute atomic E-state index is 12.1. The third-order valence-electron chi connectivity index (χ3n) is 3.60. The number of nitrogens with zero attached hydrogens (tertiary/aromatic N) is 2. The Balaban J connectivity index is 1.68. The zero-order valence-corrected chi connectivity index (χ0v) is 12.4. The Bertz CT molecular complexity index is 703. The van der Waals surface area contributed by atoms with Gasteiger partial charge in [-0.3, -0.25) is 14.3 Å². The first-order valence-electron chi connectivity index (χ1n) is 7.33. The molecule has 1 aromatic carbocycles. The van der Waals surface area contributed by atoms with Crippen LogP contribution < -0.4 is 10.6 Å². The van der Waals surface area contributed by atoms with E-state index in [1.165, 1.54) is 4.68 Å². The number of rotatable bonds is 3. The van der Waals surface area contributed by atoms with E-state index in [4.69, 9.17) is 0 Å². The molecular weight excluding hydrogens is 280 g/mol. The monoisotopic (exact) mass is 298 g/mol. The Kier molecular flexibility index (Phi) is 3.91. The fourth-order valence-electron chi connectivity index (χ4n) is 2.45. The molecule has 0 spiro atoms. The van der Waals surface area contributed by atoms with Gasteiger partial charge in [0.15, 0.2) is 0 Å². The number of nitrogens with one attached hydrogen (secondary N) is 2. The maximum Gasteiger partial charge on any atom is 0.254 e. The van der Waals surface area contributed by atoms with Gasteiger partial charge in [-0.05, 0) is 31.9 Å². The Morgan fingerprint density at radius 3 is 2.91 bits per heavy atom. The summed E-state index contributed by atoms with van der Waals surface area (Å²) in [5.41, 5.74) is 3.22. The quantitative estimate of drug-likeness (QED) is 0.901. The first kappa shape index (κ1) is 14.3. The lowest BCUT2D eigenvalue weighted by Crippen LogP contribution is -2.22. The molecule has 6 heteroatoms. The predicted molar refractivity (Wildman–Crippen MR) is 82.7 cm³/mol. The molecule has 0 bridgehead atoms. The van der Waals surface area contributed by atoms with Crippen LogP contribution in [-0.2, 0) is 17.8 Å². The summed E-state index contributed by atoms with van der Waals surface area (Å²) in [4.78, 5) is 23.9. The molecule has 0 saturated carbocycles. The number of aromatic nitrogens is 2. The number of hydrogen-bond acceptors (Lipinski definition) is 3. The van der Waals surface area contributed by atoms with Crippen molar-refractivity contribution in [2.75, 3.05) is 11.9 Å². The molecule has 2 amide bonds. The first-order chi connectivity index (χ1) is 10.6. The average Bonchev–Trinajstić information content (AvgIpc) is 2.81. The molecular formula is C16H18N4O2. The van der Waals surface area contributed by atoms with E-state index in [2.05, 4.69) is 15.7 Å². The number of anilines is 1. The van der Waals surface area contributed by atoms with E-state index >= 15 is 0 Å². The molecule has 1 aliphatic heterocycles. The first-order valence-corrected chi connectivity index (χ1v) is 7.33. The summed E-state index contributed by atoms with van der Waals surface area (Å²) in [6, 6.07) is 7.60. The van der Waals surface area contributed by atoms with Gasteiger partial charge in [0.2, 0.25) is 5.91 Å². The molecule has 6 nitrogen and oxygen atoms in total. The van der Waals surface area contributed by atoms with Crippen molar-refractivity contribution in [1.29, 1.82) is 0 Å². The van der Waals surface area contributed by atoms with E-state index in [0.29, 0.717) is 12.1 Å². The number of hydrogen-bond donors (Lipinski definition) is 2. The summed E-state index contributed by atoms with van der Waals surface area (Å²) >= 11 is 0. The number of benzene rings is 1. The van der Waals surface area contributed by atoms with Crippen molar-refractivity contribution in [3.8, 4) is 0 Å². The summed E-state index contributed by atoms with van der Waals surface area (Å²) in [7, 11) is 0. The van der Waals surface area contributed by atoms with Crippen LogP contribution in [0.15, 0.2) is 30.5 Å². The minimum atomic E-state index is -0.165. The number of carbonyl (C=O) groups is 2. The molecule has 114 valence electrons. The molecule has 0 saturated heterocycles. The topological polar surface area (TPSA) is 76.0 Å². The summed E-state index contributed by atoms with van der Waals surface area (Å²) < 4.78 is 1.53. The normalized spacial score (nSPS) is 14.0. The van der Waals surface area contributed by atoms with E-state index in [1.807, 2.05) is 31.2 Å². The number of amides is 2. The Morgan fingerprint density at radius 1 is 1.36 bits per heavy atom. The Labute approximate surface area is 128 Å². The van der Waals surface area contributed by atoms with Crippen molar-refractivity contribution in [3.63, 3.8) is 0 Å². The van der Waals surface area contributed by atoms with Gasteiger partial charge < -0.3 is 10.6 Å². The van der Waals surface area contributed by atoms with Crippen molar-refractivity contribution in [3.05, 3.63) is 47.3 Å². The van der Waals surface area contributed by atoms with Crippen molar-refractivity contribution >= 4 is 17.5 Å². The molecule has 1 aromatic heterocycles. The highest BCUT2D eigenvalue weighted by atomic mass is 16.2. The second kappa shape index (κ2) is 6.01. The van der Waals surface area contributed by atoms with Crippen molar-refractivity contribution in [2.24, 2.45) is 0 Å². The molecule has 3 rings (SSSR count). The van der Waals surface area contributed by atoms with Crippen molar-refractivity contribution in [1.82, 2.24) is 15.1 Å².